The summed E-state index contributed by atoms with van der Waals surface area (Å²) in [5.41, 5.74) is 0.599. The highest BCUT2D eigenvalue weighted by Gasteiger charge is 2.15. The average Bonchev–Trinajstić information content (AvgIpc) is 2.63. The lowest BCUT2D eigenvalue weighted by Crippen LogP contribution is -2.34. The van der Waals surface area contributed by atoms with Crippen LogP contribution < -0.4 is 14.8 Å². The summed E-state index contributed by atoms with van der Waals surface area (Å²) in [4.78, 5) is 37.3. The molecule has 0 saturated carbocycles. The number of rotatable bonds is 10. The second kappa shape index (κ2) is 10.7. The van der Waals surface area contributed by atoms with Gasteiger partial charge >= 0.3 is 11.9 Å². The van der Waals surface area contributed by atoms with E-state index >= 15 is 0 Å². The minimum atomic E-state index is -0.971. The van der Waals surface area contributed by atoms with Gasteiger partial charge in [-0.05, 0) is 37.7 Å². The summed E-state index contributed by atoms with van der Waals surface area (Å²) < 4.78 is 15.1. The average molecular weight is 368 g/mol. The van der Waals surface area contributed by atoms with Gasteiger partial charge in [0.2, 0.25) is 0 Å². The lowest BCUT2D eigenvalue weighted by Gasteiger charge is -2.13. The zero-order valence-electron chi connectivity index (χ0n) is 14.6. The van der Waals surface area contributed by atoms with Gasteiger partial charge in [-0.1, -0.05) is 6.07 Å². The first-order valence-corrected chi connectivity index (χ1v) is 7.56. The molecule has 0 aliphatic carbocycles. The first-order valence-electron chi connectivity index (χ1n) is 7.56. The molecule has 0 heterocycles. The molecular weight excluding hydrogens is 348 g/mol. The van der Waals surface area contributed by atoms with Crippen molar-refractivity contribution < 1.29 is 33.7 Å². The third-order valence-corrected chi connectivity index (χ3v) is 3.12. The first kappa shape index (κ1) is 20.9. The maximum absolute atomic E-state index is 11.8. The van der Waals surface area contributed by atoms with Crippen LogP contribution in [-0.4, -0.2) is 50.4 Å². The van der Waals surface area contributed by atoms with E-state index in [1.807, 2.05) is 0 Å². The molecule has 142 valence electrons. The molecule has 1 aromatic carbocycles. The first-order chi connectivity index (χ1) is 12.4. The van der Waals surface area contributed by atoms with Crippen molar-refractivity contribution in [1.29, 1.82) is 0 Å². The molecule has 10 heteroatoms. The number of benzene rings is 1. The van der Waals surface area contributed by atoms with E-state index in [0.717, 1.165) is 6.08 Å². The summed E-state index contributed by atoms with van der Waals surface area (Å²) in [6.07, 6.45) is 2.61. The predicted octanol–water partition coefficient (Wildman–Crippen LogP) is 0.973. The number of nitrogens with zero attached hydrogens (tertiary/aromatic N) is 1. The molecule has 0 fully saturated rings. The minimum Gasteiger partial charge on any atom is -0.493 e. The van der Waals surface area contributed by atoms with E-state index in [1.54, 1.807) is 26.1 Å². The van der Waals surface area contributed by atoms with Crippen LogP contribution in [0.1, 0.15) is 12.5 Å². The van der Waals surface area contributed by atoms with Gasteiger partial charge < -0.3 is 24.4 Å². The third kappa shape index (κ3) is 7.18. The maximum Gasteiger partial charge on any atom is 0.330 e. The topological polar surface area (TPSA) is 126 Å². The van der Waals surface area contributed by atoms with E-state index in [2.05, 4.69) is 10.2 Å². The highest BCUT2D eigenvalue weighted by Crippen LogP contribution is 2.28. The highest BCUT2D eigenvalue weighted by atomic mass is 17.0. The van der Waals surface area contributed by atoms with Gasteiger partial charge in [0.05, 0.1) is 7.11 Å². The van der Waals surface area contributed by atoms with Gasteiger partial charge in [-0.15, -0.1) is 10.1 Å². The molecule has 0 aromatic heterocycles. The molecule has 0 spiro atoms. The van der Waals surface area contributed by atoms with E-state index in [-0.39, 0.29) is 19.0 Å². The van der Waals surface area contributed by atoms with E-state index in [4.69, 9.17) is 14.2 Å². The maximum atomic E-state index is 11.8. The lowest BCUT2D eigenvalue weighted by molar-refractivity contribution is -0.757. The second-order valence-corrected chi connectivity index (χ2v) is 4.90. The van der Waals surface area contributed by atoms with Crippen LogP contribution in [-0.2, 0) is 19.2 Å². The molecule has 0 aliphatic rings. The summed E-state index contributed by atoms with van der Waals surface area (Å²) in [6, 6.07) is 4.25. The Bertz CT molecular complexity index is 674. The van der Waals surface area contributed by atoms with Gasteiger partial charge in [-0.25, -0.2) is 9.59 Å². The molecule has 26 heavy (non-hydrogen) atoms. The normalized spacial score (nSPS) is 11.7. The monoisotopic (exact) mass is 368 g/mol. The molecule has 1 N–H and O–H groups in total. The molecule has 0 aliphatic heterocycles. The lowest BCUT2D eigenvalue weighted by atomic mass is 10.2. The van der Waals surface area contributed by atoms with Gasteiger partial charge in [-0.2, -0.15) is 0 Å². The van der Waals surface area contributed by atoms with Crippen molar-refractivity contribution in [2.75, 3.05) is 27.4 Å². The summed E-state index contributed by atoms with van der Waals surface area (Å²) in [7, 11) is 3.06. The van der Waals surface area contributed by atoms with Crippen molar-refractivity contribution in [2.45, 2.75) is 13.0 Å². The van der Waals surface area contributed by atoms with E-state index in [9.17, 15) is 19.7 Å². The summed E-state index contributed by atoms with van der Waals surface area (Å²) in [5.74, 6) is -0.586. The van der Waals surface area contributed by atoms with Gasteiger partial charge in [0.1, 0.15) is 19.3 Å². The summed E-state index contributed by atoms with van der Waals surface area (Å²) >= 11 is 0. The number of methoxy groups -OCH3 is 1. The summed E-state index contributed by atoms with van der Waals surface area (Å²) in [6.45, 7) is 1.08. The van der Waals surface area contributed by atoms with Crippen LogP contribution in [0.2, 0.25) is 0 Å². The Balaban J connectivity index is 2.66. The number of carbonyl (C=O) groups is 2. The quantitative estimate of drug-likeness (QED) is 0.160. The SMILES string of the molecule is CNC(C)C(=O)Oc1ccc(/C=C/C(=O)OCCO[N+](=O)[O-])cc1OC. The molecule has 1 atom stereocenters. The summed E-state index contributed by atoms with van der Waals surface area (Å²) in [5, 5.41) is 11.7. The molecule has 0 amide bonds. The number of carbonyl (C=O) groups excluding carboxylic acids is 2. The molecule has 0 radical (unpaired) electrons. The second-order valence-electron chi connectivity index (χ2n) is 4.90. The number of hydrogen-bond donors (Lipinski definition) is 1. The van der Waals surface area contributed by atoms with Crippen LogP contribution >= 0.6 is 0 Å². The van der Waals surface area contributed by atoms with E-state index in [0.29, 0.717) is 11.3 Å². The number of ether oxygens (including phenoxy) is 3. The van der Waals surface area contributed by atoms with Crippen LogP contribution in [0.15, 0.2) is 24.3 Å². The molecular formula is C16H20N2O8. The molecule has 1 rings (SSSR count). The number of esters is 2. The van der Waals surface area contributed by atoms with Crippen molar-refractivity contribution in [3.8, 4) is 11.5 Å². The predicted molar refractivity (Wildman–Crippen MR) is 90.1 cm³/mol. The van der Waals surface area contributed by atoms with Crippen molar-refractivity contribution in [1.82, 2.24) is 5.32 Å². The van der Waals surface area contributed by atoms with Crippen LogP contribution in [0.4, 0.5) is 0 Å². The highest BCUT2D eigenvalue weighted by molar-refractivity contribution is 5.87. The fraction of sp³-hybridized carbons (Fsp3) is 0.375. The Labute approximate surface area is 149 Å². The molecule has 1 unspecified atom stereocenters. The zero-order valence-corrected chi connectivity index (χ0v) is 14.6. The van der Waals surface area contributed by atoms with Gasteiger partial charge in [0.25, 0.3) is 5.09 Å². The standard InChI is InChI=1S/C16H20N2O8/c1-11(17-2)16(20)26-13-6-4-12(10-14(13)23-3)5-7-15(19)24-8-9-25-18(21)22/h4-7,10-11,17H,8-9H2,1-3H3/b7-5+. The molecule has 0 bridgehead atoms. The molecule has 1 aromatic rings. The van der Waals surface area contributed by atoms with Crippen LogP contribution in [0.5, 0.6) is 11.5 Å². The van der Waals surface area contributed by atoms with Crippen LogP contribution in [0.25, 0.3) is 6.08 Å². The smallest absolute Gasteiger partial charge is 0.330 e. The molecule has 0 saturated heterocycles. The van der Waals surface area contributed by atoms with Crippen LogP contribution in [0.3, 0.4) is 0 Å². The third-order valence-electron chi connectivity index (χ3n) is 3.12. The van der Waals surface area contributed by atoms with Crippen molar-refractivity contribution in [2.24, 2.45) is 0 Å². The number of nitrogens with one attached hydrogen (secondary N) is 1. The van der Waals surface area contributed by atoms with E-state index in [1.165, 1.54) is 19.3 Å². The van der Waals surface area contributed by atoms with Crippen LogP contribution in [0, 0.1) is 10.1 Å². The number of likely N-dealkylation sites (N-methyl/N-ethyl adjacent to an activating group) is 1. The Kier molecular flexibility index (Phi) is 8.58. The Hall–Kier alpha value is -3.14. The van der Waals surface area contributed by atoms with Gasteiger partial charge in [-0.3, -0.25) is 0 Å². The molecule has 10 nitrogen and oxygen atoms in total. The Morgan fingerprint density at radius 2 is 2.04 bits per heavy atom. The Morgan fingerprint density at radius 1 is 1.31 bits per heavy atom. The fourth-order valence-electron chi connectivity index (χ4n) is 1.65. The van der Waals surface area contributed by atoms with E-state index < -0.39 is 23.1 Å². The number of hydrogen-bond acceptors (Lipinski definition) is 9. The Morgan fingerprint density at radius 3 is 2.65 bits per heavy atom. The van der Waals surface area contributed by atoms with Crippen molar-refractivity contribution in [3.05, 3.63) is 40.0 Å². The zero-order chi connectivity index (χ0) is 19.5. The van der Waals surface area contributed by atoms with Gasteiger partial charge in [0.15, 0.2) is 11.5 Å². The largest absolute Gasteiger partial charge is 0.493 e. The fourth-order valence-corrected chi connectivity index (χ4v) is 1.65. The van der Waals surface area contributed by atoms with Crippen molar-refractivity contribution in [3.63, 3.8) is 0 Å². The van der Waals surface area contributed by atoms with Gasteiger partial charge in [0, 0.05) is 6.08 Å². The minimum absolute atomic E-state index is 0.244. The van der Waals surface area contributed by atoms with Crippen molar-refractivity contribution >= 4 is 18.0 Å².